The Bertz CT molecular complexity index is 926. The second kappa shape index (κ2) is 9.38. The van der Waals surface area contributed by atoms with E-state index in [2.05, 4.69) is 22.3 Å². The first-order chi connectivity index (χ1) is 13.8. The highest BCUT2D eigenvalue weighted by Gasteiger charge is 2.34. The molecule has 0 saturated carbocycles. The molecule has 3 rings (SSSR count). The molecule has 1 saturated heterocycles. The van der Waals surface area contributed by atoms with Gasteiger partial charge in [0.25, 0.3) is 10.0 Å². The van der Waals surface area contributed by atoms with Crippen molar-refractivity contribution in [1.29, 1.82) is 0 Å². The van der Waals surface area contributed by atoms with Crippen LogP contribution in [0.25, 0.3) is 0 Å². The van der Waals surface area contributed by atoms with Crippen LogP contribution in [0.2, 0.25) is 0 Å². The van der Waals surface area contributed by atoms with E-state index < -0.39 is 10.0 Å². The molecule has 2 atom stereocenters. The average Bonchev–Trinajstić information content (AvgIpc) is 3.16. The van der Waals surface area contributed by atoms with Gasteiger partial charge in [0.15, 0.2) is 0 Å². The number of sulfonamides is 1. The second-order valence-corrected chi connectivity index (χ2v) is 11.2. The van der Waals surface area contributed by atoms with Crippen molar-refractivity contribution in [2.24, 2.45) is 5.92 Å². The van der Waals surface area contributed by atoms with E-state index in [0.717, 1.165) is 10.4 Å². The summed E-state index contributed by atoms with van der Waals surface area (Å²) in [4.78, 5) is 15.9. The number of nitrogens with zero attached hydrogens (tertiary/aromatic N) is 2. The average molecular weight is 436 g/mol. The van der Waals surface area contributed by atoms with Gasteiger partial charge in [0, 0.05) is 24.5 Å². The Labute approximate surface area is 177 Å². The third-order valence-electron chi connectivity index (χ3n) is 5.34. The van der Waals surface area contributed by atoms with Gasteiger partial charge in [-0.1, -0.05) is 30.3 Å². The number of piperidine rings is 1. The van der Waals surface area contributed by atoms with Gasteiger partial charge in [-0.05, 0) is 51.6 Å². The van der Waals surface area contributed by atoms with Crippen molar-refractivity contribution in [1.82, 2.24) is 14.5 Å². The number of amides is 1. The summed E-state index contributed by atoms with van der Waals surface area (Å²) in [5.74, 6) is -0.395. The van der Waals surface area contributed by atoms with E-state index in [9.17, 15) is 13.2 Å². The van der Waals surface area contributed by atoms with Crippen LogP contribution >= 0.6 is 11.3 Å². The normalized spacial score (nSPS) is 19.2. The van der Waals surface area contributed by atoms with Crippen LogP contribution in [-0.4, -0.2) is 57.3 Å². The monoisotopic (exact) mass is 435 g/mol. The predicted molar refractivity (Wildman–Crippen MR) is 116 cm³/mol. The van der Waals surface area contributed by atoms with Crippen molar-refractivity contribution >= 4 is 27.3 Å². The van der Waals surface area contributed by atoms with Crippen molar-refractivity contribution < 1.29 is 13.2 Å². The maximum Gasteiger partial charge on any atom is 0.252 e. The molecule has 0 bridgehead atoms. The van der Waals surface area contributed by atoms with E-state index >= 15 is 0 Å². The second-order valence-electron chi connectivity index (χ2n) is 7.70. The third-order valence-corrected chi connectivity index (χ3v) is 8.68. The van der Waals surface area contributed by atoms with Gasteiger partial charge >= 0.3 is 0 Å². The minimum absolute atomic E-state index is 0.0673. The highest BCUT2D eigenvalue weighted by Crippen LogP contribution is 2.28. The standard InChI is InChI=1S/C21H29N3O3S2/c1-16-11-12-20(28-16)29(26,27)24-13-7-10-18(15-24)21(25)22-14-19(23(2)3)17-8-5-4-6-9-17/h4-6,8-9,11-12,18-19H,7,10,13-15H2,1-3H3,(H,22,25). The van der Waals surface area contributed by atoms with Crippen LogP contribution in [0.5, 0.6) is 0 Å². The summed E-state index contributed by atoms with van der Waals surface area (Å²) in [6.45, 7) is 3.09. The van der Waals surface area contributed by atoms with Gasteiger partial charge in [0.1, 0.15) is 4.21 Å². The number of hydrogen-bond acceptors (Lipinski definition) is 5. The van der Waals surface area contributed by atoms with Crippen molar-refractivity contribution in [3.05, 3.63) is 52.9 Å². The minimum atomic E-state index is -3.53. The fraction of sp³-hybridized carbons (Fsp3) is 0.476. The third kappa shape index (κ3) is 5.25. The van der Waals surface area contributed by atoms with Gasteiger partial charge in [-0.2, -0.15) is 4.31 Å². The molecule has 2 aromatic rings. The fourth-order valence-electron chi connectivity index (χ4n) is 3.67. The van der Waals surface area contributed by atoms with Crippen LogP contribution < -0.4 is 5.32 Å². The lowest BCUT2D eigenvalue weighted by molar-refractivity contribution is -0.126. The summed E-state index contributed by atoms with van der Waals surface area (Å²) in [5.41, 5.74) is 1.14. The zero-order chi connectivity index (χ0) is 21.0. The van der Waals surface area contributed by atoms with Gasteiger partial charge in [-0.3, -0.25) is 4.79 Å². The number of carbonyl (C=O) groups is 1. The van der Waals surface area contributed by atoms with E-state index in [1.807, 2.05) is 45.3 Å². The molecule has 0 spiro atoms. The van der Waals surface area contributed by atoms with Gasteiger partial charge in [-0.15, -0.1) is 11.3 Å². The Morgan fingerprint density at radius 3 is 2.59 bits per heavy atom. The van der Waals surface area contributed by atoms with Gasteiger partial charge in [0.2, 0.25) is 5.91 Å². The summed E-state index contributed by atoms with van der Waals surface area (Å²) in [5, 5.41) is 3.05. The molecule has 2 heterocycles. The molecule has 2 unspecified atom stereocenters. The highest BCUT2D eigenvalue weighted by molar-refractivity contribution is 7.91. The lowest BCUT2D eigenvalue weighted by atomic mass is 9.98. The first-order valence-electron chi connectivity index (χ1n) is 9.84. The molecule has 1 aliphatic rings. The maximum atomic E-state index is 12.9. The topological polar surface area (TPSA) is 69.7 Å². The van der Waals surface area contributed by atoms with E-state index in [1.165, 1.54) is 15.6 Å². The molecule has 0 aliphatic carbocycles. The number of hydrogen-bond donors (Lipinski definition) is 1. The number of thiophene rings is 1. The first kappa shape index (κ1) is 22.0. The fourth-order valence-corrected chi connectivity index (χ4v) is 6.63. The summed E-state index contributed by atoms with van der Waals surface area (Å²) in [6.07, 6.45) is 1.40. The van der Waals surface area contributed by atoms with Gasteiger partial charge < -0.3 is 10.2 Å². The van der Waals surface area contributed by atoms with Crippen LogP contribution in [0.1, 0.15) is 29.3 Å². The molecular weight excluding hydrogens is 406 g/mol. The lowest BCUT2D eigenvalue weighted by Gasteiger charge is -2.31. The Morgan fingerprint density at radius 2 is 1.97 bits per heavy atom. The van der Waals surface area contributed by atoms with Crippen molar-refractivity contribution in [3.8, 4) is 0 Å². The number of carbonyl (C=O) groups excluding carboxylic acids is 1. The van der Waals surface area contributed by atoms with E-state index in [4.69, 9.17) is 0 Å². The summed E-state index contributed by atoms with van der Waals surface area (Å²) >= 11 is 1.28. The van der Waals surface area contributed by atoms with Crippen LogP contribution in [0, 0.1) is 12.8 Å². The zero-order valence-corrected chi connectivity index (χ0v) is 18.8. The Morgan fingerprint density at radius 1 is 1.24 bits per heavy atom. The van der Waals surface area contributed by atoms with E-state index in [-0.39, 0.29) is 24.4 Å². The molecule has 1 aliphatic heterocycles. The predicted octanol–water partition coefficient (Wildman–Crippen LogP) is 2.88. The number of rotatable bonds is 7. The van der Waals surface area contributed by atoms with Crippen molar-refractivity contribution in [3.63, 3.8) is 0 Å². The summed E-state index contributed by atoms with van der Waals surface area (Å²) in [7, 11) is 0.444. The van der Waals surface area contributed by atoms with E-state index in [1.54, 1.807) is 6.07 Å². The lowest BCUT2D eigenvalue weighted by Crippen LogP contribution is -2.46. The van der Waals surface area contributed by atoms with Crippen molar-refractivity contribution in [2.45, 2.75) is 30.0 Å². The number of aryl methyl sites for hydroxylation is 1. The molecule has 6 nitrogen and oxygen atoms in total. The molecule has 1 fully saturated rings. The molecule has 29 heavy (non-hydrogen) atoms. The van der Waals surface area contributed by atoms with Crippen LogP contribution in [0.15, 0.2) is 46.7 Å². The molecular formula is C21H29N3O3S2. The molecule has 1 amide bonds. The molecule has 1 aromatic carbocycles. The van der Waals surface area contributed by atoms with Crippen LogP contribution in [0.4, 0.5) is 0 Å². The quantitative estimate of drug-likeness (QED) is 0.726. The SMILES string of the molecule is Cc1ccc(S(=O)(=O)N2CCCC(C(=O)NCC(c3ccccc3)N(C)C)C2)s1. The van der Waals surface area contributed by atoms with Crippen molar-refractivity contribution in [2.75, 3.05) is 33.7 Å². The summed E-state index contributed by atoms with van der Waals surface area (Å²) in [6, 6.07) is 13.6. The zero-order valence-electron chi connectivity index (χ0n) is 17.2. The van der Waals surface area contributed by atoms with E-state index in [0.29, 0.717) is 30.1 Å². The first-order valence-corrected chi connectivity index (χ1v) is 12.1. The molecule has 0 radical (unpaired) electrons. The van der Waals surface area contributed by atoms with Crippen LogP contribution in [-0.2, 0) is 14.8 Å². The molecule has 158 valence electrons. The van der Waals surface area contributed by atoms with Crippen LogP contribution in [0.3, 0.4) is 0 Å². The maximum absolute atomic E-state index is 12.9. The summed E-state index contributed by atoms with van der Waals surface area (Å²) < 4.78 is 27.6. The number of nitrogens with one attached hydrogen (secondary N) is 1. The Hall–Kier alpha value is -1.74. The molecule has 1 N–H and O–H groups in total. The minimum Gasteiger partial charge on any atom is -0.354 e. The number of benzene rings is 1. The Kier molecular flexibility index (Phi) is 7.10. The highest BCUT2D eigenvalue weighted by atomic mass is 32.2. The van der Waals surface area contributed by atoms with Gasteiger partial charge in [0.05, 0.1) is 12.0 Å². The Balaban J connectivity index is 1.63. The van der Waals surface area contributed by atoms with Gasteiger partial charge in [-0.25, -0.2) is 8.42 Å². The molecule has 1 aromatic heterocycles. The molecule has 8 heteroatoms. The number of likely N-dealkylation sites (N-methyl/N-ethyl adjacent to an activating group) is 1. The smallest absolute Gasteiger partial charge is 0.252 e. The largest absolute Gasteiger partial charge is 0.354 e.